The van der Waals surface area contributed by atoms with E-state index in [2.05, 4.69) is 11.9 Å². The van der Waals surface area contributed by atoms with Crippen molar-refractivity contribution in [2.75, 3.05) is 20.3 Å². The zero-order chi connectivity index (χ0) is 21.9. The Balaban J connectivity index is 5.58. The molecular weight excluding hydrogens is 364 g/mol. The molecule has 0 aromatic carbocycles. The van der Waals surface area contributed by atoms with Crippen LogP contribution in [0.4, 0.5) is 0 Å². The molecule has 8 heteroatoms. The van der Waals surface area contributed by atoms with Gasteiger partial charge in [0.15, 0.2) is 0 Å². The molecule has 0 spiro atoms. The standard InChI is InChI=1S/C20H36N2O6/c1-8-9-14(18(24)22-26)15(12-13(2)3)17(23)21-16(20(4,5)6)19(25)28-11-10-27-7/h8,13-16,26H,1,9-12H2,2-7H3,(H,21,23)(H,22,24). The number of rotatable bonds is 12. The van der Waals surface area contributed by atoms with Gasteiger partial charge in [-0.05, 0) is 24.2 Å². The van der Waals surface area contributed by atoms with Gasteiger partial charge in [0, 0.05) is 7.11 Å². The molecule has 0 aliphatic heterocycles. The lowest BCUT2D eigenvalue weighted by atomic mass is 9.80. The fourth-order valence-corrected chi connectivity index (χ4v) is 2.87. The Morgan fingerprint density at radius 3 is 2.14 bits per heavy atom. The van der Waals surface area contributed by atoms with Crippen LogP contribution < -0.4 is 10.8 Å². The van der Waals surface area contributed by atoms with Crippen LogP contribution in [0.2, 0.25) is 0 Å². The van der Waals surface area contributed by atoms with Crippen molar-refractivity contribution in [2.24, 2.45) is 23.2 Å². The number of nitrogens with one attached hydrogen (secondary N) is 2. The van der Waals surface area contributed by atoms with Gasteiger partial charge in [0.2, 0.25) is 11.8 Å². The highest BCUT2D eigenvalue weighted by Gasteiger charge is 2.39. The fourth-order valence-electron chi connectivity index (χ4n) is 2.87. The third-order valence-electron chi connectivity index (χ3n) is 4.34. The second-order valence-electron chi connectivity index (χ2n) is 8.31. The Hall–Kier alpha value is -1.93. The first-order valence-electron chi connectivity index (χ1n) is 9.50. The maximum absolute atomic E-state index is 13.1. The van der Waals surface area contributed by atoms with E-state index < -0.39 is 41.1 Å². The van der Waals surface area contributed by atoms with E-state index in [-0.39, 0.29) is 25.6 Å². The highest BCUT2D eigenvalue weighted by atomic mass is 16.6. The molecule has 0 aliphatic carbocycles. The Morgan fingerprint density at radius 1 is 1.11 bits per heavy atom. The van der Waals surface area contributed by atoms with E-state index in [0.29, 0.717) is 6.42 Å². The van der Waals surface area contributed by atoms with Crippen LogP contribution >= 0.6 is 0 Å². The summed E-state index contributed by atoms with van der Waals surface area (Å²) in [5.41, 5.74) is 1.03. The summed E-state index contributed by atoms with van der Waals surface area (Å²) in [5.74, 6) is -3.07. The minimum Gasteiger partial charge on any atom is -0.462 e. The van der Waals surface area contributed by atoms with Crippen molar-refractivity contribution < 1.29 is 29.1 Å². The third kappa shape index (κ3) is 8.84. The van der Waals surface area contributed by atoms with E-state index in [1.54, 1.807) is 5.48 Å². The first kappa shape index (κ1) is 26.1. The van der Waals surface area contributed by atoms with Crippen LogP contribution in [0.25, 0.3) is 0 Å². The van der Waals surface area contributed by atoms with Crippen LogP contribution in [0.3, 0.4) is 0 Å². The molecule has 162 valence electrons. The monoisotopic (exact) mass is 400 g/mol. The van der Waals surface area contributed by atoms with Crippen molar-refractivity contribution >= 4 is 17.8 Å². The average molecular weight is 401 g/mol. The highest BCUT2D eigenvalue weighted by molar-refractivity contribution is 5.90. The SMILES string of the molecule is C=CCC(C(=O)NO)C(CC(C)C)C(=O)NC(C(=O)OCCOC)C(C)(C)C. The molecule has 0 aromatic heterocycles. The van der Waals surface area contributed by atoms with E-state index in [9.17, 15) is 14.4 Å². The van der Waals surface area contributed by atoms with Gasteiger partial charge in [-0.3, -0.25) is 14.8 Å². The molecule has 0 rings (SSSR count). The Morgan fingerprint density at radius 2 is 1.71 bits per heavy atom. The zero-order valence-electron chi connectivity index (χ0n) is 17.9. The number of hydrogen-bond donors (Lipinski definition) is 3. The summed E-state index contributed by atoms with van der Waals surface area (Å²) < 4.78 is 10.1. The second-order valence-corrected chi connectivity index (χ2v) is 8.31. The summed E-state index contributed by atoms with van der Waals surface area (Å²) in [4.78, 5) is 37.7. The van der Waals surface area contributed by atoms with E-state index in [1.807, 2.05) is 34.6 Å². The molecule has 0 saturated carbocycles. The second kappa shape index (κ2) is 12.5. The summed E-state index contributed by atoms with van der Waals surface area (Å²) in [5, 5.41) is 11.8. The largest absolute Gasteiger partial charge is 0.462 e. The van der Waals surface area contributed by atoms with Crippen molar-refractivity contribution in [2.45, 2.75) is 53.5 Å². The zero-order valence-corrected chi connectivity index (χ0v) is 17.9. The van der Waals surface area contributed by atoms with Crippen molar-refractivity contribution in [3.63, 3.8) is 0 Å². The maximum Gasteiger partial charge on any atom is 0.329 e. The third-order valence-corrected chi connectivity index (χ3v) is 4.34. The highest BCUT2D eigenvalue weighted by Crippen LogP contribution is 2.27. The number of carbonyl (C=O) groups excluding carboxylic acids is 3. The molecule has 8 nitrogen and oxygen atoms in total. The summed E-state index contributed by atoms with van der Waals surface area (Å²) in [7, 11) is 1.50. The molecule has 0 radical (unpaired) electrons. The Bertz CT molecular complexity index is 527. The number of hydroxylamine groups is 1. The molecule has 28 heavy (non-hydrogen) atoms. The van der Waals surface area contributed by atoms with Crippen LogP contribution in [0.15, 0.2) is 12.7 Å². The van der Waals surface area contributed by atoms with Crippen molar-refractivity contribution in [1.82, 2.24) is 10.8 Å². The van der Waals surface area contributed by atoms with Crippen molar-refractivity contribution in [3.8, 4) is 0 Å². The van der Waals surface area contributed by atoms with Gasteiger partial charge in [-0.2, -0.15) is 0 Å². The predicted octanol–water partition coefficient (Wildman–Crippen LogP) is 2.07. The summed E-state index contributed by atoms with van der Waals surface area (Å²) in [6.07, 6.45) is 2.16. The number of amides is 2. The van der Waals surface area contributed by atoms with Gasteiger partial charge in [-0.25, -0.2) is 10.3 Å². The number of methoxy groups -OCH3 is 1. The van der Waals surface area contributed by atoms with Crippen LogP contribution in [0.5, 0.6) is 0 Å². The number of hydrogen-bond acceptors (Lipinski definition) is 6. The Kier molecular flexibility index (Phi) is 11.7. The number of ether oxygens (including phenoxy) is 2. The van der Waals surface area contributed by atoms with Gasteiger partial charge in [-0.15, -0.1) is 6.58 Å². The molecule has 3 atom stereocenters. The molecule has 0 saturated heterocycles. The molecule has 3 unspecified atom stereocenters. The minimum absolute atomic E-state index is 0.0826. The first-order valence-corrected chi connectivity index (χ1v) is 9.50. The molecule has 0 aliphatic rings. The molecular formula is C20H36N2O6. The van der Waals surface area contributed by atoms with E-state index in [1.165, 1.54) is 13.2 Å². The molecule has 0 fully saturated rings. The fraction of sp³-hybridized carbons (Fsp3) is 0.750. The van der Waals surface area contributed by atoms with Crippen LogP contribution in [-0.2, 0) is 23.9 Å². The summed E-state index contributed by atoms with van der Waals surface area (Å²) in [6.45, 7) is 13.3. The van der Waals surface area contributed by atoms with E-state index >= 15 is 0 Å². The number of carbonyl (C=O) groups is 3. The van der Waals surface area contributed by atoms with Crippen molar-refractivity contribution in [1.29, 1.82) is 0 Å². The number of esters is 1. The summed E-state index contributed by atoms with van der Waals surface area (Å²) >= 11 is 0. The minimum atomic E-state index is -0.895. The quantitative estimate of drug-likeness (QED) is 0.152. The lowest BCUT2D eigenvalue weighted by Crippen LogP contribution is -2.53. The van der Waals surface area contributed by atoms with Gasteiger partial charge < -0.3 is 14.8 Å². The van der Waals surface area contributed by atoms with Gasteiger partial charge in [0.05, 0.1) is 18.4 Å². The number of allylic oxidation sites excluding steroid dienone is 1. The molecule has 0 heterocycles. The Labute approximate surface area is 168 Å². The van der Waals surface area contributed by atoms with E-state index in [4.69, 9.17) is 14.7 Å². The first-order chi connectivity index (χ1) is 13.0. The van der Waals surface area contributed by atoms with Gasteiger partial charge in [0.25, 0.3) is 0 Å². The average Bonchev–Trinajstić information content (AvgIpc) is 2.60. The molecule has 0 aromatic rings. The topological polar surface area (TPSA) is 114 Å². The summed E-state index contributed by atoms with van der Waals surface area (Å²) in [6, 6.07) is -0.895. The molecule has 0 bridgehead atoms. The van der Waals surface area contributed by atoms with Crippen molar-refractivity contribution in [3.05, 3.63) is 12.7 Å². The van der Waals surface area contributed by atoms with Gasteiger partial charge in [-0.1, -0.05) is 40.7 Å². The molecule has 2 amide bonds. The maximum atomic E-state index is 13.1. The van der Waals surface area contributed by atoms with Gasteiger partial charge in [0.1, 0.15) is 12.6 Å². The van der Waals surface area contributed by atoms with Gasteiger partial charge >= 0.3 is 5.97 Å². The predicted molar refractivity (Wildman–Crippen MR) is 105 cm³/mol. The lowest BCUT2D eigenvalue weighted by molar-refractivity contribution is -0.153. The van der Waals surface area contributed by atoms with Crippen LogP contribution in [-0.4, -0.2) is 49.4 Å². The normalized spacial score (nSPS) is 14.7. The van der Waals surface area contributed by atoms with E-state index in [0.717, 1.165) is 0 Å². The lowest BCUT2D eigenvalue weighted by Gasteiger charge is -2.32. The van der Waals surface area contributed by atoms with Crippen LogP contribution in [0, 0.1) is 23.2 Å². The van der Waals surface area contributed by atoms with Crippen LogP contribution in [0.1, 0.15) is 47.5 Å². The molecule has 3 N–H and O–H groups in total. The smallest absolute Gasteiger partial charge is 0.329 e.